The second-order valence-corrected chi connectivity index (χ2v) is 4.52. The van der Waals surface area contributed by atoms with E-state index in [0.717, 1.165) is 11.5 Å². The van der Waals surface area contributed by atoms with Crippen molar-refractivity contribution in [2.75, 3.05) is 11.9 Å². The van der Waals surface area contributed by atoms with Crippen LogP contribution in [0.5, 0.6) is 0 Å². The van der Waals surface area contributed by atoms with Crippen molar-refractivity contribution in [2.24, 2.45) is 7.05 Å². The van der Waals surface area contributed by atoms with E-state index < -0.39 is 0 Å². The first-order chi connectivity index (χ1) is 8.61. The highest BCUT2D eigenvalue weighted by Crippen LogP contribution is 2.24. The number of hydrogen-bond donors (Lipinski definition) is 0. The molecule has 0 saturated heterocycles. The van der Waals surface area contributed by atoms with Gasteiger partial charge in [-0.3, -0.25) is 0 Å². The molecule has 0 fully saturated rings. The minimum Gasteiger partial charge on any atom is -0.366 e. The predicted molar refractivity (Wildman–Crippen MR) is 71.5 cm³/mol. The van der Waals surface area contributed by atoms with Gasteiger partial charge < -0.3 is 9.47 Å². The Labute approximate surface area is 111 Å². The molecule has 1 aromatic heterocycles. The van der Waals surface area contributed by atoms with Crippen LogP contribution >= 0.6 is 11.6 Å². The number of nitriles is 1. The molecule has 1 heterocycles. The minimum atomic E-state index is 0.608. The van der Waals surface area contributed by atoms with Crippen LogP contribution in [0.3, 0.4) is 0 Å². The topological polar surface area (TPSA) is 44.9 Å². The van der Waals surface area contributed by atoms with Gasteiger partial charge in [-0.1, -0.05) is 11.6 Å². The number of imidazole rings is 1. The van der Waals surface area contributed by atoms with Crippen LogP contribution in [-0.4, -0.2) is 16.6 Å². The Balaban J connectivity index is 2.29. The smallest absolute Gasteiger partial charge is 0.127 e. The van der Waals surface area contributed by atoms with Gasteiger partial charge in [0.15, 0.2) is 0 Å². The summed E-state index contributed by atoms with van der Waals surface area (Å²) in [5.74, 6) is 0.932. The van der Waals surface area contributed by atoms with Crippen LogP contribution in [0.1, 0.15) is 11.4 Å². The zero-order chi connectivity index (χ0) is 13.1. The van der Waals surface area contributed by atoms with E-state index in [2.05, 4.69) is 11.1 Å². The maximum atomic E-state index is 9.10. The zero-order valence-electron chi connectivity index (χ0n) is 10.3. The van der Waals surface area contributed by atoms with Crippen molar-refractivity contribution in [1.29, 1.82) is 5.26 Å². The lowest BCUT2D eigenvalue weighted by molar-refractivity contribution is 0.761. The maximum Gasteiger partial charge on any atom is 0.127 e. The summed E-state index contributed by atoms with van der Waals surface area (Å²) < 4.78 is 1.95. The number of nitrogens with zero attached hydrogens (tertiary/aromatic N) is 4. The van der Waals surface area contributed by atoms with Crippen LogP contribution in [0.15, 0.2) is 30.6 Å². The molecule has 0 N–H and O–H groups in total. The van der Waals surface area contributed by atoms with E-state index in [-0.39, 0.29) is 0 Å². The minimum absolute atomic E-state index is 0.608. The Kier molecular flexibility index (Phi) is 3.54. The van der Waals surface area contributed by atoms with Gasteiger partial charge in [-0.25, -0.2) is 4.98 Å². The molecule has 5 heteroatoms. The fourth-order valence-electron chi connectivity index (χ4n) is 1.76. The number of aryl methyl sites for hydroxylation is 1. The first-order valence-electron chi connectivity index (χ1n) is 5.49. The molecule has 0 aliphatic rings. The number of benzene rings is 1. The molecule has 2 rings (SSSR count). The van der Waals surface area contributed by atoms with Crippen LogP contribution < -0.4 is 4.90 Å². The monoisotopic (exact) mass is 260 g/mol. The second-order valence-electron chi connectivity index (χ2n) is 4.08. The van der Waals surface area contributed by atoms with E-state index in [1.807, 2.05) is 29.8 Å². The van der Waals surface area contributed by atoms with E-state index >= 15 is 0 Å². The van der Waals surface area contributed by atoms with Crippen molar-refractivity contribution in [3.8, 4) is 6.07 Å². The normalized spacial score (nSPS) is 10.1. The second kappa shape index (κ2) is 5.11. The third-order valence-corrected chi connectivity index (χ3v) is 3.03. The predicted octanol–water partition coefficient (Wildman–Crippen LogP) is 2.58. The van der Waals surface area contributed by atoms with Crippen molar-refractivity contribution in [3.63, 3.8) is 0 Å². The quantitative estimate of drug-likeness (QED) is 0.852. The number of anilines is 1. The van der Waals surface area contributed by atoms with E-state index in [1.54, 1.807) is 24.4 Å². The van der Waals surface area contributed by atoms with Gasteiger partial charge in [-0.2, -0.15) is 5.26 Å². The van der Waals surface area contributed by atoms with Gasteiger partial charge in [-0.15, -0.1) is 0 Å². The molecule has 1 aromatic carbocycles. The summed E-state index contributed by atoms with van der Waals surface area (Å²) >= 11 is 5.97. The maximum absolute atomic E-state index is 9.10. The zero-order valence-corrected chi connectivity index (χ0v) is 11.0. The summed E-state index contributed by atoms with van der Waals surface area (Å²) in [6, 6.07) is 7.41. The lowest BCUT2D eigenvalue weighted by Gasteiger charge is -2.20. The Morgan fingerprint density at radius 1 is 1.50 bits per heavy atom. The third-order valence-electron chi connectivity index (χ3n) is 2.79. The van der Waals surface area contributed by atoms with Crippen LogP contribution in [-0.2, 0) is 13.6 Å². The molecular formula is C13H13ClN4. The van der Waals surface area contributed by atoms with E-state index in [0.29, 0.717) is 17.1 Å². The van der Waals surface area contributed by atoms with E-state index in [9.17, 15) is 0 Å². The Morgan fingerprint density at radius 3 is 2.89 bits per heavy atom. The molecule has 4 nitrogen and oxygen atoms in total. The van der Waals surface area contributed by atoms with Gasteiger partial charge in [0.05, 0.1) is 17.8 Å². The fraction of sp³-hybridized carbons (Fsp3) is 0.231. The van der Waals surface area contributed by atoms with Crippen molar-refractivity contribution < 1.29 is 0 Å². The summed E-state index contributed by atoms with van der Waals surface area (Å²) in [7, 11) is 3.86. The highest BCUT2D eigenvalue weighted by atomic mass is 35.5. The summed E-state index contributed by atoms with van der Waals surface area (Å²) in [6.07, 6.45) is 3.65. The van der Waals surface area contributed by atoms with Gasteiger partial charge in [0.1, 0.15) is 11.9 Å². The van der Waals surface area contributed by atoms with Crippen molar-refractivity contribution >= 4 is 17.3 Å². The molecule has 92 valence electrons. The number of rotatable bonds is 3. The van der Waals surface area contributed by atoms with Crippen LogP contribution in [0, 0.1) is 11.3 Å². The summed E-state index contributed by atoms with van der Waals surface area (Å²) in [4.78, 5) is 6.23. The Bertz CT molecular complexity index is 597. The van der Waals surface area contributed by atoms with Crippen LogP contribution in [0.4, 0.5) is 5.69 Å². The van der Waals surface area contributed by atoms with E-state index in [4.69, 9.17) is 16.9 Å². The van der Waals surface area contributed by atoms with Crippen molar-refractivity contribution in [2.45, 2.75) is 6.54 Å². The first kappa shape index (κ1) is 12.5. The van der Waals surface area contributed by atoms with Gasteiger partial charge >= 0.3 is 0 Å². The molecule has 0 spiro atoms. The third kappa shape index (κ3) is 2.47. The fourth-order valence-corrected chi connectivity index (χ4v) is 1.93. The van der Waals surface area contributed by atoms with Gasteiger partial charge in [0.2, 0.25) is 0 Å². The van der Waals surface area contributed by atoms with Crippen molar-refractivity contribution in [3.05, 3.63) is 47.0 Å². The molecule has 0 aliphatic heterocycles. The average Bonchev–Trinajstić information content (AvgIpc) is 2.75. The molecule has 0 radical (unpaired) electrons. The standard InChI is InChI=1S/C13H13ClN4/c1-17-6-5-16-13(17)9-18(2)12-7-11(14)4-3-10(12)8-15/h3-7H,9H2,1-2H3. The first-order valence-corrected chi connectivity index (χ1v) is 5.86. The Hall–Kier alpha value is -1.99. The molecule has 18 heavy (non-hydrogen) atoms. The Morgan fingerprint density at radius 2 is 2.28 bits per heavy atom. The van der Waals surface area contributed by atoms with E-state index in [1.165, 1.54) is 0 Å². The molecular weight excluding hydrogens is 248 g/mol. The molecule has 0 bridgehead atoms. The van der Waals surface area contributed by atoms with Gasteiger partial charge in [-0.05, 0) is 18.2 Å². The number of aromatic nitrogens is 2. The van der Waals surface area contributed by atoms with Crippen LogP contribution in [0.25, 0.3) is 0 Å². The average molecular weight is 261 g/mol. The van der Waals surface area contributed by atoms with Crippen LogP contribution in [0.2, 0.25) is 5.02 Å². The van der Waals surface area contributed by atoms with Crippen molar-refractivity contribution in [1.82, 2.24) is 9.55 Å². The lowest BCUT2D eigenvalue weighted by atomic mass is 10.2. The largest absolute Gasteiger partial charge is 0.366 e. The molecule has 2 aromatic rings. The molecule has 0 saturated carbocycles. The van der Waals surface area contributed by atoms with Gasteiger partial charge in [0, 0.05) is 31.5 Å². The summed E-state index contributed by atoms with van der Waals surface area (Å²) in [6.45, 7) is 0.624. The number of halogens is 1. The lowest BCUT2D eigenvalue weighted by Crippen LogP contribution is -2.19. The molecule has 0 amide bonds. The molecule has 0 unspecified atom stereocenters. The van der Waals surface area contributed by atoms with Gasteiger partial charge in [0.25, 0.3) is 0 Å². The number of hydrogen-bond acceptors (Lipinski definition) is 3. The highest BCUT2D eigenvalue weighted by molar-refractivity contribution is 6.30. The molecule has 0 aliphatic carbocycles. The molecule has 0 atom stereocenters. The highest BCUT2D eigenvalue weighted by Gasteiger charge is 2.10. The summed E-state index contributed by atoms with van der Waals surface area (Å²) in [5.41, 5.74) is 1.42. The summed E-state index contributed by atoms with van der Waals surface area (Å²) in [5, 5.41) is 9.72. The SMILES string of the molecule is CN(Cc1nccn1C)c1cc(Cl)ccc1C#N.